The van der Waals surface area contributed by atoms with Gasteiger partial charge in [0, 0.05) is 23.4 Å². The fourth-order valence-corrected chi connectivity index (χ4v) is 2.81. The molecule has 0 aromatic heterocycles. The molecular weight excluding hydrogens is 402 g/mol. The summed E-state index contributed by atoms with van der Waals surface area (Å²) >= 11 is 6.85. The number of rotatable bonds is 6. The molecule has 0 saturated carbocycles. The second-order valence-electron chi connectivity index (χ2n) is 4.38. The summed E-state index contributed by atoms with van der Waals surface area (Å²) in [4.78, 5) is 10.6. The van der Waals surface area contributed by atoms with E-state index < -0.39 is 0 Å². The normalized spacial score (nSPS) is 10.4. The van der Waals surface area contributed by atoms with Crippen molar-refractivity contribution in [1.29, 1.82) is 0 Å². The standard InChI is InChI=1S/C15H13Br2NO3/c16-10-11-5-6-15(13(17)9-11)21-8-7-12-3-1-2-4-14(12)18(19)20/h1-6,9H,7-8,10H2. The highest BCUT2D eigenvalue weighted by molar-refractivity contribution is 9.10. The largest absolute Gasteiger partial charge is 0.492 e. The Balaban J connectivity index is 2.00. The monoisotopic (exact) mass is 413 g/mol. The Morgan fingerprint density at radius 2 is 1.95 bits per heavy atom. The lowest BCUT2D eigenvalue weighted by molar-refractivity contribution is -0.385. The SMILES string of the molecule is O=[N+]([O-])c1ccccc1CCOc1ccc(CBr)cc1Br. The van der Waals surface area contributed by atoms with Crippen LogP contribution in [0, 0.1) is 10.1 Å². The van der Waals surface area contributed by atoms with E-state index in [0.29, 0.717) is 18.6 Å². The van der Waals surface area contributed by atoms with Crippen LogP contribution in [0.3, 0.4) is 0 Å². The number of nitrogens with zero attached hydrogens (tertiary/aromatic N) is 1. The van der Waals surface area contributed by atoms with Gasteiger partial charge in [-0.2, -0.15) is 0 Å². The third-order valence-electron chi connectivity index (χ3n) is 2.97. The first kappa shape index (κ1) is 16.0. The van der Waals surface area contributed by atoms with Crippen LogP contribution in [-0.4, -0.2) is 11.5 Å². The summed E-state index contributed by atoms with van der Waals surface area (Å²) in [6.45, 7) is 0.386. The van der Waals surface area contributed by atoms with Crippen molar-refractivity contribution in [2.75, 3.05) is 6.61 Å². The van der Waals surface area contributed by atoms with Gasteiger partial charge in [0.15, 0.2) is 0 Å². The van der Waals surface area contributed by atoms with Crippen LogP contribution in [0.1, 0.15) is 11.1 Å². The molecule has 110 valence electrons. The van der Waals surface area contributed by atoms with E-state index in [2.05, 4.69) is 31.9 Å². The maximum atomic E-state index is 10.9. The summed E-state index contributed by atoms with van der Waals surface area (Å²) in [6.07, 6.45) is 0.490. The van der Waals surface area contributed by atoms with Gasteiger partial charge >= 0.3 is 0 Å². The van der Waals surface area contributed by atoms with E-state index in [1.165, 1.54) is 6.07 Å². The van der Waals surface area contributed by atoms with E-state index in [1.807, 2.05) is 18.2 Å². The molecule has 0 atom stereocenters. The number of alkyl halides is 1. The molecule has 2 aromatic carbocycles. The van der Waals surface area contributed by atoms with E-state index in [0.717, 1.165) is 21.1 Å². The van der Waals surface area contributed by atoms with Crippen LogP contribution in [0.15, 0.2) is 46.9 Å². The fraction of sp³-hybridized carbons (Fsp3) is 0.200. The van der Waals surface area contributed by atoms with Gasteiger partial charge in [-0.1, -0.05) is 40.2 Å². The lowest BCUT2D eigenvalue weighted by Crippen LogP contribution is -2.04. The van der Waals surface area contributed by atoms with Crippen LogP contribution in [0.25, 0.3) is 0 Å². The minimum atomic E-state index is -0.365. The molecule has 0 fully saturated rings. The summed E-state index contributed by atoms with van der Waals surface area (Å²) in [7, 11) is 0. The Hall–Kier alpha value is -1.40. The first-order chi connectivity index (χ1) is 10.1. The Kier molecular flexibility index (Phi) is 5.76. The molecule has 21 heavy (non-hydrogen) atoms. The summed E-state index contributed by atoms with van der Waals surface area (Å²) in [5, 5.41) is 11.7. The Morgan fingerprint density at radius 3 is 2.62 bits per heavy atom. The molecule has 0 unspecified atom stereocenters. The molecule has 4 nitrogen and oxygen atoms in total. The van der Waals surface area contributed by atoms with Crippen molar-refractivity contribution in [3.8, 4) is 5.75 Å². The van der Waals surface area contributed by atoms with Crippen LogP contribution in [-0.2, 0) is 11.8 Å². The van der Waals surface area contributed by atoms with Gasteiger partial charge in [-0.25, -0.2) is 0 Å². The number of para-hydroxylation sites is 1. The lowest BCUT2D eigenvalue weighted by atomic mass is 10.1. The summed E-state index contributed by atoms with van der Waals surface area (Å²) in [5.41, 5.74) is 1.96. The number of benzene rings is 2. The third kappa shape index (κ3) is 4.28. The van der Waals surface area contributed by atoms with E-state index in [4.69, 9.17) is 4.74 Å². The first-order valence-electron chi connectivity index (χ1n) is 6.31. The predicted molar refractivity (Wildman–Crippen MR) is 89.1 cm³/mol. The van der Waals surface area contributed by atoms with Gasteiger partial charge < -0.3 is 4.74 Å². The second kappa shape index (κ2) is 7.56. The first-order valence-corrected chi connectivity index (χ1v) is 8.22. The molecule has 0 saturated heterocycles. The van der Waals surface area contributed by atoms with Crippen molar-refractivity contribution in [2.45, 2.75) is 11.8 Å². The second-order valence-corrected chi connectivity index (χ2v) is 5.80. The zero-order chi connectivity index (χ0) is 15.2. The van der Waals surface area contributed by atoms with E-state index in [-0.39, 0.29) is 10.6 Å². The Bertz CT molecular complexity index is 647. The third-order valence-corrected chi connectivity index (χ3v) is 4.24. The number of ether oxygens (including phenoxy) is 1. The zero-order valence-electron chi connectivity index (χ0n) is 11.1. The van der Waals surface area contributed by atoms with E-state index in [9.17, 15) is 10.1 Å². The fourth-order valence-electron chi connectivity index (χ4n) is 1.92. The van der Waals surface area contributed by atoms with Crippen molar-refractivity contribution in [1.82, 2.24) is 0 Å². The molecule has 6 heteroatoms. The molecule has 0 N–H and O–H groups in total. The maximum Gasteiger partial charge on any atom is 0.272 e. The molecule has 2 aromatic rings. The van der Waals surface area contributed by atoms with Crippen molar-refractivity contribution in [3.05, 3.63) is 68.2 Å². The summed E-state index contributed by atoms with van der Waals surface area (Å²) in [6, 6.07) is 12.6. The predicted octanol–water partition coefficient (Wildman–Crippen LogP) is 4.87. The Labute approximate surface area is 139 Å². The van der Waals surface area contributed by atoms with E-state index >= 15 is 0 Å². The van der Waals surface area contributed by atoms with Crippen LogP contribution >= 0.6 is 31.9 Å². The highest BCUT2D eigenvalue weighted by Gasteiger charge is 2.12. The molecule has 0 aliphatic carbocycles. The highest BCUT2D eigenvalue weighted by Crippen LogP contribution is 2.27. The van der Waals surface area contributed by atoms with Crippen molar-refractivity contribution < 1.29 is 9.66 Å². The lowest BCUT2D eigenvalue weighted by Gasteiger charge is -2.09. The van der Waals surface area contributed by atoms with Crippen LogP contribution in [0.5, 0.6) is 5.75 Å². The highest BCUT2D eigenvalue weighted by atomic mass is 79.9. The minimum Gasteiger partial charge on any atom is -0.492 e. The summed E-state index contributed by atoms with van der Waals surface area (Å²) < 4.78 is 6.57. The molecule has 0 aliphatic rings. The smallest absolute Gasteiger partial charge is 0.272 e. The number of hydrogen-bond donors (Lipinski definition) is 0. The van der Waals surface area contributed by atoms with Crippen LogP contribution in [0.4, 0.5) is 5.69 Å². The topological polar surface area (TPSA) is 52.4 Å². The number of nitro groups is 1. The number of halogens is 2. The average Bonchev–Trinajstić information content (AvgIpc) is 2.49. The van der Waals surface area contributed by atoms with Crippen molar-refractivity contribution in [2.24, 2.45) is 0 Å². The van der Waals surface area contributed by atoms with Gasteiger partial charge in [-0.15, -0.1) is 0 Å². The molecular formula is C15H13Br2NO3. The molecule has 0 heterocycles. The van der Waals surface area contributed by atoms with E-state index in [1.54, 1.807) is 18.2 Å². The van der Waals surface area contributed by atoms with Crippen molar-refractivity contribution >= 4 is 37.5 Å². The molecule has 0 bridgehead atoms. The van der Waals surface area contributed by atoms with Gasteiger partial charge in [-0.3, -0.25) is 10.1 Å². The molecule has 0 aliphatic heterocycles. The Morgan fingerprint density at radius 1 is 1.19 bits per heavy atom. The average molecular weight is 415 g/mol. The van der Waals surface area contributed by atoms with Crippen molar-refractivity contribution in [3.63, 3.8) is 0 Å². The minimum absolute atomic E-state index is 0.134. The van der Waals surface area contributed by atoms with Crippen LogP contribution < -0.4 is 4.74 Å². The number of nitro benzene ring substituents is 1. The molecule has 2 rings (SSSR count). The zero-order valence-corrected chi connectivity index (χ0v) is 14.3. The quantitative estimate of drug-likeness (QED) is 0.384. The summed E-state index contributed by atoms with van der Waals surface area (Å²) in [5.74, 6) is 0.735. The molecule has 0 spiro atoms. The maximum absolute atomic E-state index is 10.9. The van der Waals surface area contributed by atoms with Gasteiger partial charge in [0.2, 0.25) is 0 Å². The van der Waals surface area contributed by atoms with Gasteiger partial charge in [0.05, 0.1) is 16.0 Å². The van der Waals surface area contributed by atoms with Gasteiger partial charge in [0.1, 0.15) is 5.75 Å². The number of hydrogen-bond acceptors (Lipinski definition) is 3. The van der Waals surface area contributed by atoms with Crippen LogP contribution in [0.2, 0.25) is 0 Å². The molecule has 0 radical (unpaired) electrons. The molecule has 0 amide bonds. The van der Waals surface area contributed by atoms with Gasteiger partial charge in [0.25, 0.3) is 5.69 Å². The van der Waals surface area contributed by atoms with Gasteiger partial charge in [-0.05, 0) is 33.6 Å².